The number of nitrogen functional groups attached to an aromatic ring is 1. The fraction of sp³-hybridized carbons (Fsp3) is 0.133. The molecule has 0 saturated carbocycles. The highest BCUT2D eigenvalue weighted by atomic mass is 19.1. The van der Waals surface area contributed by atoms with Gasteiger partial charge in [-0.05, 0) is 37.3 Å². The van der Waals surface area contributed by atoms with Gasteiger partial charge in [-0.2, -0.15) is 0 Å². The zero-order chi connectivity index (χ0) is 14.8. The summed E-state index contributed by atoms with van der Waals surface area (Å²) in [6.07, 6.45) is 3.35. The number of benzene rings is 1. The molecule has 0 saturated heterocycles. The first-order valence-electron chi connectivity index (χ1n) is 6.59. The monoisotopic (exact) mass is 283 g/mol. The lowest BCUT2D eigenvalue weighted by molar-refractivity contribution is 0.628. The van der Waals surface area contributed by atoms with Crippen molar-refractivity contribution in [1.82, 2.24) is 19.5 Å². The zero-order valence-corrected chi connectivity index (χ0v) is 11.5. The Bertz CT molecular complexity index is 764. The van der Waals surface area contributed by atoms with E-state index in [2.05, 4.69) is 15.0 Å². The molecule has 6 heteroatoms. The van der Waals surface area contributed by atoms with Gasteiger partial charge in [0.1, 0.15) is 5.82 Å². The maximum Gasteiger partial charge on any atom is 0.220 e. The minimum absolute atomic E-state index is 0.210. The van der Waals surface area contributed by atoms with E-state index in [0.717, 1.165) is 23.5 Å². The van der Waals surface area contributed by atoms with Crippen molar-refractivity contribution in [2.24, 2.45) is 0 Å². The Morgan fingerprint density at radius 1 is 1.14 bits per heavy atom. The van der Waals surface area contributed by atoms with Crippen molar-refractivity contribution < 1.29 is 4.39 Å². The summed E-state index contributed by atoms with van der Waals surface area (Å²) in [6, 6.07) is 8.01. The van der Waals surface area contributed by atoms with E-state index in [1.807, 2.05) is 11.5 Å². The van der Waals surface area contributed by atoms with E-state index in [-0.39, 0.29) is 11.8 Å². The fourth-order valence-corrected chi connectivity index (χ4v) is 2.22. The van der Waals surface area contributed by atoms with Crippen LogP contribution in [-0.2, 0) is 6.54 Å². The van der Waals surface area contributed by atoms with Crippen molar-refractivity contribution in [3.63, 3.8) is 0 Å². The van der Waals surface area contributed by atoms with Crippen LogP contribution >= 0.6 is 0 Å². The number of hydrogen-bond donors (Lipinski definition) is 1. The first-order valence-corrected chi connectivity index (χ1v) is 6.59. The molecular weight excluding hydrogens is 269 g/mol. The van der Waals surface area contributed by atoms with Gasteiger partial charge in [-0.3, -0.25) is 0 Å². The maximum absolute atomic E-state index is 13.1. The van der Waals surface area contributed by atoms with E-state index >= 15 is 0 Å². The number of anilines is 1. The highest BCUT2D eigenvalue weighted by molar-refractivity contribution is 5.77. The van der Waals surface area contributed by atoms with E-state index in [0.29, 0.717) is 5.69 Å². The Morgan fingerprint density at radius 3 is 2.57 bits per heavy atom. The molecule has 1 aromatic carbocycles. The van der Waals surface area contributed by atoms with Gasteiger partial charge in [0, 0.05) is 18.3 Å². The van der Waals surface area contributed by atoms with Crippen LogP contribution in [0.15, 0.2) is 42.9 Å². The molecule has 0 bridgehead atoms. The summed E-state index contributed by atoms with van der Waals surface area (Å²) in [4.78, 5) is 12.6. The average molecular weight is 283 g/mol. The predicted molar refractivity (Wildman–Crippen MR) is 78.7 cm³/mol. The number of rotatable bonds is 3. The Balaban J connectivity index is 2.19. The molecule has 2 heterocycles. The van der Waals surface area contributed by atoms with Crippen LogP contribution in [0.25, 0.3) is 22.6 Å². The van der Waals surface area contributed by atoms with Crippen molar-refractivity contribution in [3.8, 4) is 22.6 Å². The fourth-order valence-electron chi connectivity index (χ4n) is 2.22. The van der Waals surface area contributed by atoms with Crippen LogP contribution in [-0.4, -0.2) is 19.5 Å². The standard InChI is InChI=1S/C15H14FN5/c1-2-21-9-19-13(10-3-5-11(16)6-4-10)14(21)12-7-8-18-15(17)20-12/h3-9H,2H2,1H3,(H2,17,18,20). The van der Waals surface area contributed by atoms with Gasteiger partial charge in [0.15, 0.2) is 0 Å². The summed E-state index contributed by atoms with van der Waals surface area (Å²) >= 11 is 0. The Hall–Kier alpha value is -2.76. The molecule has 0 aliphatic carbocycles. The highest BCUT2D eigenvalue weighted by Crippen LogP contribution is 2.30. The van der Waals surface area contributed by atoms with E-state index < -0.39 is 0 Å². The van der Waals surface area contributed by atoms with Crippen molar-refractivity contribution in [2.45, 2.75) is 13.5 Å². The second kappa shape index (κ2) is 5.32. The number of aryl methyl sites for hydroxylation is 1. The number of hydrogen-bond acceptors (Lipinski definition) is 4. The van der Waals surface area contributed by atoms with Crippen LogP contribution in [0.2, 0.25) is 0 Å². The Labute approximate surface area is 121 Å². The van der Waals surface area contributed by atoms with Crippen molar-refractivity contribution >= 4 is 5.95 Å². The molecule has 0 spiro atoms. The molecule has 3 aromatic rings. The SMILES string of the molecule is CCn1cnc(-c2ccc(F)cc2)c1-c1ccnc(N)n1. The summed E-state index contributed by atoms with van der Waals surface area (Å²) in [5.41, 5.74) is 8.78. The zero-order valence-electron chi connectivity index (χ0n) is 11.5. The third-order valence-corrected chi connectivity index (χ3v) is 3.21. The number of imidazole rings is 1. The topological polar surface area (TPSA) is 69.6 Å². The molecule has 21 heavy (non-hydrogen) atoms. The lowest BCUT2D eigenvalue weighted by Crippen LogP contribution is -2.01. The van der Waals surface area contributed by atoms with Gasteiger partial charge in [0.25, 0.3) is 0 Å². The van der Waals surface area contributed by atoms with E-state index in [4.69, 9.17) is 5.73 Å². The van der Waals surface area contributed by atoms with Gasteiger partial charge in [0.05, 0.1) is 23.4 Å². The second-order valence-electron chi connectivity index (χ2n) is 4.53. The number of aromatic nitrogens is 4. The molecule has 5 nitrogen and oxygen atoms in total. The summed E-state index contributed by atoms with van der Waals surface area (Å²) in [5, 5.41) is 0. The predicted octanol–water partition coefficient (Wildman–Crippen LogP) is 2.75. The molecular formula is C15H14FN5. The van der Waals surface area contributed by atoms with Gasteiger partial charge in [-0.15, -0.1) is 0 Å². The highest BCUT2D eigenvalue weighted by Gasteiger charge is 2.15. The molecule has 0 atom stereocenters. The molecule has 2 N–H and O–H groups in total. The summed E-state index contributed by atoms with van der Waals surface area (Å²) in [7, 11) is 0. The molecule has 2 aromatic heterocycles. The van der Waals surface area contributed by atoms with E-state index in [1.165, 1.54) is 12.1 Å². The van der Waals surface area contributed by atoms with Crippen molar-refractivity contribution in [2.75, 3.05) is 5.73 Å². The lowest BCUT2D eigenvalue weighted by Gasteiger charge is -2.08. The maximum atomic E-state index is 13.1. The molecule has 106 valence electrons. The molecule has 0 fully saturated rings. The average Bonchev–Trinajstić information content (AvgIpc) is 2.92. The summed E-state index contributed by atoms with van der Waals surface area (Å²) in [5.74, 6) is -0.0667. The summed E-state index contributed by atoms with van der Waals surface area (Å²) < 4.78 is 15.1. The van der Waals surface area contributed by atoms with Crippen LogP contribution in [0.5, 0.6) is 0 Å². The summed E-state index contributed by atoms with van der Waals surface area (Å²) in [6.45, 7) is 2.76. The third kappa shape index (κ3) is 2.47. The minimum atomic E-state index is -0.276. The molecule has 0 amide bonds. The molecule has 0 radical (unpaired) electrons. The Morgan fingerprint density at radius 2 is 1.90 bits per heavy atom. The van der Waals surface area contributed by atoms with E-state index in [9.17, 15) is 4.39 Å². The van der Waals surface area contributed by atoms with Crippen molar-refractivity contribution in [1.29, 1.82) is 0 Å². The minimum Gasteiger partial charge on any atom is -0.368 e. The first-order chi connectivity index (χ1) is 10.2. The van der Waals surface area contributed by atoms with Crippen LogP contribution in [0, 0.1) is 5.82 Å². The van der Waals surface area contributed by atoms with Gasteiger partial charge in [-0.1, -0.05) is 0 Å². The number of nitrogens with zero attached hydrogens (tertiary/aromatic N) is 4. The molecule has 0 aliphatic heterocycles. The van der Waals surface area contributed by atoms with Crippen molar-refractivity contribution in [3.05, 3.63) is 48.7 Å². The first kappa shape index (κ1) is 13.2. The van der Waals surface area contributed by atoms with Crippen LogP contribution < -0.4 is 5.73 Å². The smallest absolute Gasteiger partial charge is 0.220 e. The number of nitrogens with two attached hydrogens (primary N) is 1. The molecule has 3 rings (SSSR count). The van der Waals surface area contributed by atoms with Gasteiger partial charge in [-0.25, -0.2) is 19.3 Å². The number of halogens is 1. The molecule has 0 unspecified atom stereocenters. The van der Waals surface area contributed by atoms with Crippen LogP contribution in [0.1, 0.15) is 6.92 Å². The van der Waals surface area contributed by atoms with Gasteiger partial charge < -0.3 is 10.3 Å². The second-order valence-corrected chi connectivity index (χ2v) is 4.53. The quantitative estimate of drug-likeness (QED) is 0.802. The van der Waals surface area contributed by atoms with Gasteiger partial charge >= 0.3 is 0 Å². The van der Waals surface area contributed by atoms with Crippen LogP contribution in [0.4, 0.5) is 10.3 Å². The Kier molecular flexibility index (Phi) is 3.35. The lowest BCUT2D eigenvalue weighted by atomic mass is 10.1. The van der Waals surface area contributed by atoms with E-state index in [1.54, 1.807) is 30.7 Å². The largest absolute Gasteiger partial charge is 0.368 e. The normalized spacial score (nSPS) is 10.8. The third-order valence-electron chi connectivity index (χ3n) is 3.21. The molecule has 0 aliphatic rings. The van der Waals surface area contributed by atoms with Gasteiger partial charge in [0.2, 0.25) is 5.95 Å². The van der Waals surface area contributed by atoms with Crippen LogP contribution in [0.3, 0.4) is 0 Å².